The summed E-state index contributed by atoms with van der Waals surface area (Å²) in [4.78, 5) is 36.0. The molecule has 1 aromatic heterocycles. The third kappa shape index (κ3) is 3.72. The van der Waals surface area contributed by atoms with Gasteiger partial charge in [-0.2, -0.15) is 0 Å². The molecular weight excluding hydrogens is 338 g/mol. The van der Waals surface area contributed by atoms with Crippen LogP contribution in [0.3, 0.4) is 0 Å². The number of anilines is 1. The molecule has 0 aliphatic rings. The Labute approximate surface area is 148 Å². The maximum Gasteiger partial charge on any atom is 0.374 e. The number of amides is 1. The number of esters is 1. The van der Waals surface area contributed by atoms with Gasteiger partial charge in [-0.05, 0) is 24.3 Å². The standard InChI is InChI=1S/C19H15NO6/c1-24-16-9-5-3-7-13(16)20-18(22)11-25-19(23)17-10-14(21)12-6-2-4-8-15(12)26-17/h2-10H,11H2,1H3,(H,20,22). The van der Waals surface area contributed by atoms with Crippen molar-refractivity contribution in [2.24, 2.45) is 0 Å². The molecule has 26 heavy (non-hydrogen) atoms. The third-order valence-electron chi connectivity index (χ3n) is 3.55. The zero-order chi connectivity index (χ0) is 18.5. The van der Waals surface area contributed by atoms with Crippen LogP contribution in [0.2, 0.25) is 0 Å². The average Bonchev–Trinajstić information content (AvgIpc) is 2.66. The third-order valence-corrected chi connectivity index (χ3v) is 3.55. The summed E-state index contributed by atoms with van der Waals surface area (Å²) in [6.07, 6.45) is 0. The first-order chi connectivity index (χ1) is 12.6. The van der Waals surface area contributed by atoms with Crippen molar-refractivity contribution in [2.75, 3.05) is 19.0 Å². The molecule has 3 aromatic rings. The Bertz CT molecular complexity index is 1020. The zero-order valence-corrected chi connectivity index (χ0v) is 13.9. The molecule has 0 saturated heterocycles. The summed E-state index contributed by atoms with van der Waals surface area (Å²) >= 11 is 0. The van der Waals surface area contributed by atoms with Gasteiger partial charge in [0.2, 0.25) is 5.76 Å². The van der Waals surface area contributed by atoms with Gasteiger partial charge in [0.15, 0.2) is 12.0 Å². The van der Waals surface area contributed by atoms with Gasteiger partial charge in [-0.1, -0.05) is 24.3 Å². The fraction of sp³-hybridized carbons (Fsp3) is 0.105. The van der Waals surface area contributed by atoms with Crippen LogP contribution in [0.25, 0.3) is 11.0 Å². The number of hydrogen-bond acceptors (Lipinski definition) is 6. The molecule has 0 aliphatic carbocycles. The maximum atomic E-state index is 12.1. The number of rotatable bonds is 5. The first kappa shape index (κ1) is 17.2. The quantitative estimate of drug-likeness (QED) is 0.709. The molecule has 1 heterocycles. The predicted octanol–water partition coefficient (Wildman–Crippen LogP) is 2.60. The topological polar surface area (TPSA) is 94.8 Å². The van der Waals surface area contributed by atoms with Crippen LogP contribution >= 0.6 is 0 Å². The van der Waals surface area contributed by atoms with Crippen LogP contribution in [0.15, 0.2) is 63.8 Å². The van der Waals surface area contributed by atoms with E-state index in [1.165, 1.54) is 7.11 Å². The van der Waals surface area contributed by atoms with E-state index in [2.05, 4.69) is 5.32 Å². The molecule has 132 valence electrons. The summed E-state index contributed by atoms with van der Waals surface area (Å²) in [6.45, 7) is -0.534. The van der Waals surface area contributed by atoms with Crippen molar-refractivity contribution in [1.29, 1.82) is 0 Å². The molecule has 1 N–H and O–H groups in total. The van der Waals surface area contributed by atoms with Gasteiger partial charge >= 0.3 is 5.97 Å². The molecule has 0 saturated carbocycles. The Balaban J connectivity index is 1.67. The van der Waals surface area contributed by atoms with Gasteiger partial charge in [-0.15, -0.1) is 0 Å². The van der Waals surface area contributed by atoms with E-state index < -0.39 is 18.5 Å². The fourth-order valence-corrected chi connectivity index (χ4v) is 2.34. The van der Waals surface area contributed by atoms with Gasteiger partial charge in [-0.3, -0.25) is 9.59 Å². The van der Waals surface area contributed by atoms with E-state index in [9.17, 15) is 14.4 Å². The van der Waals surface area contributed by atoms with Crippen molar-refractivity contribution in [3.05, 3.63) is 70.6 Å². The number of benzene rings is 2. The first-order valence-corrected chi connectivity index (χ1v) is 7.71. The molecule has 0 radical (unpaired) electrons. The number of para-hydroxylation sites is 3. The summed E-state index contributed by atoms with van der Waals surface area (Å²) in [5.74, 6) is -1.24. The highest BCUT2D eigenvalue weighted by Gasteiger charge is 2.16. The SMILES string of the molecule is COc1ccccc1NC(=O)COC(=O)c1cc(=O)c2ccccc2o1. The molecular formula is C19H15NO6. The lowest BCUT2D eigenvalue weighted by Gasteiger charge is -2.10. The van der Waals surface area contributed by atoms with Gasteiger partial charge in [0.1, 0.15) is 11.3 Å². The molecule has 0 unspecified atom stereocenters. The molecule has 7 nitrogen and oxygen atoms in total. The number of carbonyl (C=O) groups is 2. The molecule has 3 rings (SSSR count). The number of carbonyl (C=O) groups excluding carboxylic acids is 2. The maximum absolute atomic E-state index is 12.1. The second-order valence-electron chi connectivity index (χ2n) is 5.30. The molecule has 0 atom stereocenters. The van der Waals surface area contributed by atoms with Gasteiger partial charge in [0, 0.05) is 6.07 Å². The van der Waals surface area contributed by atoms with Crippen molar-refractivity contribution in [1.82, 2.24) is 0 Å². The smallest absolute Gasteiger partial charge is 0.374 e. The minimum atomic E-state index is -0.900. The van der Waals surface area contributed by atoms with Crippen molar-refractivity contribution in [3.63, 3.8) is 0 Å². The molecule has 0 spiro atoms. The summed E-state index contributed by atoms with van der Waals surface area (Å²) in [6, 6.07) is 14.4. The summed E-state index contributed by atoms with van der Waals surface area (Å²) in [5, 5.41) is 2.94. The van der Waals surface area contributed by atoms with Gasteiger partial charge in [0.25, 0.3) is 5.91 Å². The second kappa shape index (κ2) is 7.52. The molecule has 7 heteroatoms. The van der Waals surface area contributed by atoms with Gasteiger partial charge in [0.05, 0.1) is 18.2 Å². The van der Waals surface area contributed by atoms with E-state index in [0.29, 0.717) is 16.8 Å². The van der Waals surface area contributed by atoms with E-state index >= 15 is 0 Å². The van der Waals surface area contributed by atoms with E-state index in [0.717, 1.165) is 6.07 Å². The molecule has 2 aromatic carbocycles. The van der Waals surface area contributed by atoms with Crippen molar-refractivity contribution < 1.29 is 23.5 Å². The predicted molar refractivity (Wildman–Crippen MR) is 94.4 cm³/mol. The Hall–Kier alpha value is -3.61. The monoisotopic (exact) mass is 353 g/mol. The molecule has 0 bridgehead atoms. The van der Waals surface area contributed by atoms with Gasteiger partial charge < -0.3 is 19.2 Å². The fourth-order valence-electron chi connectivity index (χ4n) is 2.34. The second-order valence-corrected chi connectivity index (χ2v) is 5.30. The van der Waals surface area contributed by atoms with Crippen molar-refractivity contribution >= 4 is 28.5 Å². The van der Waals surface area contributed by atoms with E-state index in [1.807, 2.05) is 0 Å². The Kier molecular flexibility index (Phi) is 4.98. The summed E-state index contributed by atoms with van der Waals surface area (Å²) in [5.41, 5.74) is 0.357. The van der Waals surface area contributed by atoms with Crippen LogP contribution in [0.5, 0.6) is 5.75 Å². The van der Waals surface area contributed by atoms with Crippen LogP contribution in [0.1, 0.15) is 10.6 Å². The van der Waals surface area contributed by atoms with Crippen LogP contribution in [0.4, 0.5) is 5.69 Å². The molecule has 0 aliphatic heterocycles. The zero-order valence-electron chi connectivity index (χ0n) is 13.9. The molecule has 1 amide bonds. The van der Waals surface area contributed by atoms with Crippen LogP contribution in [-0.4, -0.2) is 25.6 Å². The number of hydrogen-bond donors (Lipinski definition) is 1. The van der Waals surface area contributed by atoms with Gasteiger partial charge in [-0.25, -0.2) is 4.79 Å². The average molecular weight is 353 g/mol. The molecule has 0 fully saturated rings. The highest BCUT2D eigenvalue weighted by Crippen LogP contribution is 2.22. The normalized spacial score (nSPS) is 10.3. The van der Waals surface area contributed by atoms with E-state index in [4.69, 9.17) is 13.9 Å². The number of ether oxygens (including phenoxy) is 2. The number of nitrogens with one attached hydrogen (secondary N) is 1. The number of fused-ring (bicyclic) bond motifs is 1. The largest absolute Gasteiger partial charge is 0.495 e. The summed E-state index contributed by atoms with van der Waals surface area (Å²) < 4.78 is 15.4. The Morgan fingerprint density at radius 1 is 1.08 bits per heavy atom. The van der Waals surface area contributed by atoms with E-state index in [-0.39, 0.29) is 16.8 Å². The van der Waals surface area contributed by atoms with Crippen LogP contribution < -0.4 is 15.5 Å². The highest BCUT2D eigenvalue weighted by molar-refractivity contribution is 5.96. The van der Waals surface area contributed by atoms with Crippen molar-refractivity contribution in [2.45, 2.75) is 0 Å². The van der Waals surface area contributed by atoms with E-state index in [1.54, 1.807) is 48.5 Å². The lowest BCUT2D eigenvalue weighted by Crippen LogP contribution is -2.21. The Morgan fingerprint density at radius 3 is 2.62 bits per heavy atom. The van der Waals surface area contributed by atoms with Crippen LogP contribution in [-0.2, 0) is 9.53 Å². The Morgan fingerprint density at radius 2 is 1.81 bits per heavy atom. The lowest BCUT2D eigenvalue weighted by molar-refractivity contribution is -0.119. The minimum Gasteiger partial charge on any atom is -0.495 e. The van der Waals surface area contributed by atoms with Crippen molar-refractivity contribution in [3.8, 4) is 5.75 Å². The van der Waals surface area contributed by atoms with Crippen LogP contribution in [0, 0.1) is 0 Å². The lowest BCUT2D eigenvalue weighted by atomic mass is 10.2. The summed E-state index contributed by atoms with van der Waals surface area (Å²) in [7, 11) is 1.48. The first-order valence-electron chi connectivity index (χ1n) is 7.71. The highest BCUT2D eigenvalue weighted by atomic mass is 16.5. The number of methoxy groups -OCH3 is 1. The minimum absolute atomic E-state index is 0.265.